The van der Waals surface area contributed by atoms with Gasteiger partial charge in [0.2, 0.25) is 5.91 Å². The molecule has 3 aromatic rings. The average Bonchev–Trinajstić information content (AvgIpc) is 2.91. The van der Waals surface area contributed by atoms with Gasteiger partial charge in [-0.1, -0.05) is 58.7 Å². The summed E-state index contributed by atoms with van der Waals surface area (Å²) in [6.45, 7) is 0. The standard InChI is InChI=1S/C15H9Cl3N2OS2/c16-8-5-9(17)14(10(18)6-8)20-13(21)7-22-15-19-11-3-1-2-4-12(11)23-15/h1-6H,7H2,(H,20,21). The Morgan fingerprint density at radius 2 is 1.87 bits per heavy atom. The Balaban J connectivity index is 1.66. The summed E-state index contributed by atoms with van der Waals surface area (Å²) >= 11 is 20.9. The van der Waals surface area contributed by atoms with E-state index < -0.39 is 0 Å². The minimum atomic E-state index is -0.208. The zero-order chi connectivity index (χ0) is 16.4. The number of carbonyl (C=O) groups excluding carboxylic acids is 1. The summed E-state index contributed by atoms with van der Waals surface area (Å²) in [6.07, 6.45) is 0. The lowest BCUT2D eigenvalue weighted by atomic mass is 10.3. The van der Waals surface area contributed by atoms with Crippen LogP contribution in [0.5, 0.6) is 0 Å². The van der Waals surface area contributed by atoms with Gasteiger partial charge in [0.1, 0.15) is 0 Å². The summed E-state index contributed by atoms with van der Waals surface area (Å²) in [5, 5.41) is 3.74. The fourth-order valence-electron chi connectivity index (χ4n) is 1.88. The summed E-state index contributed by atoms with van der Waals surface area (Å²) in [6, 6.07) is 10.9. The van der Waals surface area contributed by atoms with Crippen LogP contribution in [0.25, 0.3) is 10.2 Å². The normalized spacial score (nSPS) is 10.9. The minimum Gasteiger partial charge on any atom is -0.323 e. The van der Waals surface area contributed by atoms with Gasteiger partial charge < -0.3 is 5.32 Å². The van der Waals surface area contributed by atoms with Crippen LogP contribution < -0.4 is 5.32 Å². The lowest BCUT2D eigenvalue weighted by Crippen LogP contribution is -2.14. The SMILES string of the molecule is O=C(CSc1nc2ccccc2s1)Nc1c(Cl)cc(Cl)cc1Cl. The number of para-hydroxylation sites is 1. The molecule has 0 aliphatic carbocycles. The quantitative estimate of drug-likeness (QED) is 0.544. The molecule has 1 heterocycles. The number of benzene rings is 2. The van der Waals surface area contributed by atoms with Crippen LogP contribution in [0.15, 0.2) is 40.7 Å². The number of carbonyl (C=O) groups is 1. The smallest absolute Gasteiger partial charge is 0.234 e. The van der Waals surface area contributed by atoms with Gasteiger partial charge >= 0.3 is 0 Å². The lowest BCUT2D eigenvalue weighted by Gasteiger charge is -2.09. The molecule has 1 amide bonds. The van der Waals surface area contributed by atoms with E-state index in [9.17, 15) is 4.79 Å². The summed E-state index contributed by atoms with van der Waals surface area (Å²) in [7, 11) is 0. The van der Waals surface area contributed by atoms with Gasteiger partial charge in [0.15, 0.2) is 4.34 Å². The molecule has 0 fully saturated rings. The Labute approximate surface area is 156 Å². The Hall–Kier alpha value is -0.980. The van der Waals surface area contributed by atoms with E-state index in [1.807, 2.05) is 24.3 Å². The second kappa shape index (κ2) is 7.28. The molecule has 0 aliphatic rings. The van der Waals surface area contributed by atoms with Crippen molar-refractivity contribution in [2.45, 2.75) is 4.34 Å². The van der Waals surface area contributed by atoms with Gasteiger partial charge in [-0.2, -0.15) is 0 Å². The highest BCUT2D eigenvalue weighted by Gasteiger charge is 2.13. The van der Waals surface area contributed by atoms with Crippen molar-refractivity contribution in [2.75, 3.05) is 11.1 Å². The van der Waals surface area contributed by atoms with Gasteiger partial charge in [0.05, 0.1) is 31.7 Å². The molecule has 0 bridgehead atoms. The molecule has 0 unspecified atom stereocenters. The van der Waals surface area contributed by atoms with E-state index >= 15 is 0 Å². The molecular weight excluding hydrogens is 395 g/mol. The third kappa shape index (κ3) is 4.11. The van der Waals surface area contributed by atoms with Crippen molar-refractivity contribution in [1.29, 1.82) is 0 Å². The maximum Gasteiger partial charge on any atom is 0.234 e. The highest BCUT2D eigenvalue weighted by Crippen LogP contribution is 2.34. The van der Waals surface area contributed by atoms with Crippen LogP contribution in [0.3, 0.4) is 0 Å². The number of anilines is 1. The van der Waals surface area contributed by atoms with Gasteiger partial charge in [-0.25, -0.2) is 4.98 Å². The number of fused-ring (bicyclic) bond motifs is 1. The highest BCUT2D eigenvalue weighted by atomic mass is 35.5. The Kier molecular flexibility index (Phi) is 5.34. The third-order valence-electron chi connectivity index (χ3n) is 2.87. The number of thioether (sulfide) groups is 1. The number of rotatable bonds is 4. The molecule has 2 aromatic carbocycles. The number of hydrogen-bond donors (Lipinski definition) is 1. The summed E-state index contributed by atoms with van der Waals surface area (Å²) in [5.74, 6) is 0.00938. The first-order chi connectivity index (χ1) is 11.0. The van der Waals surface area contributed by atoms with Crippen molar-refractivity contribution in [3.05, 3.63) is 51.5 Å². The highest BCUT2D eigenvalue weighted by molar-refractivity contribution is 8.01. The first-order valence-electron chi connectivity index (χ1n) is 6.45. The second-order valence-corrected chi connectivity index (χ2v) is 8.03. The zero-order valence-corrected chi connectivity index (χ0v) is 15.4. The van der Waals surface area contributed by atoms with E-state index in [-0.39, 0.29) is 11.7 Å². The van der Waals surface area contributed by atoms with Crippen LogP contribution >= 0.6 is 57.9 Å². The van der Waals surface area contributed by atoms with Crippen LogP contribution in [0.2, 0.25) is 15.1 Å². The van der Waals surface area contributed by atoms with Crippen LogP contribution in [-0.2, 0) is 4.79 Å². The molecule has 0 radical (unpaired) electrons. The van der Waals surface area contributed by atoms with Gasteiger partial charge in [0.25, 0.3) is 0 Å². The maximum absolute atomic E-state index is 12.1. The van der Waals surface area contributed by atoms with Crippen LogP contribution in [0.4, 0.5) is 5.69 Å². The van der Waals surface area contributed by atoms with Gasteiger partial charge in [-0.15, -0.1) is 11.3 Å². The molecule has 1 aromatic heterocycles. The van der Waals surface area contributed by atoms with Crippen molar-refractivity contribution in [2.24, 2.45) is 0 Å². The summed E-state index contributed by atoms with van der Waals surface area (Å²) in [4.78, 5) is 16.6. The number of amides is 1. The van der Waals surface area contributed by atoms with Crippen LogP contribution in [0, 0.1) is 0 Å². The fraction of sp³-hybridized carbons (Fsp3) is 0.0667. The van der Waals surface area contributed by atoms with Crippen molar-refractivity contribution < 1.29 is 4.79 Å². The molecule has 0 aliphatic heterocycles. The average molecular weight is 404 g/mol. The molecule has 0 saturated carbocycles. The third-order valence-corrected chi connectivity index (χ3v) is 5.87. The Morgan fingerprint density at radius 1 is 1.17 bits per heavy atom. The molecule has 118 valence electrons. The van der Waals surface area contributed by atoms with E-state index in [1.165, 1.54) is 23.9 Å². The number of nitrogens with one attached hydrogen (secondary N) is 1. The number of hydrogen-bond acceptors (Lipinski definition) is 4. The topological polar surface area (TPSA) is 42.0 Å². The zero-order valence-electron chi connectivity index (χ0n) is 11.5. The summed E-state index contributed by atoms with van der Waals surface area (Å²) in [5.41, 5.74) is 1.30. The van der Waals surface area contributed by atoms with Crippen molar-refractivity contribution in [3.63, 3.8) is 0 Å². The van der Waals surface area contributed by atoms with Gasteiger partial charge in [-0.05, 0) is 24.3 Å². The Bertz CT molecular complexity index is 826. The number of nitrogens with zero attached hydrogens (tertiary/aromatic N) is 1. The minimum absolute atomic E-state index is 0.208. The first-order valence-corrected chi connectivity index (χ1v) is 9.39. The fourth-order valence-corrected chi connectivity index (χ4v) is 4.66. The van der Waals surface area contributed by atoms with Crippen LogP contribution in [0.1, 0.15) is 0 Å². The number of halogens is 3. The van der Waals surface area contributed by atoms with E-state index in [4.69, 9.17) is 34.8 Å². The largest absolute Gasteiger partial charge is 0.323 e. The van der Waals surface area contributed by atoms with E-state index in [1.54, 1.807) is 11.3 Å². The molecule has 0 spiro atoms. The van der Waals surface area contributed by atoms with E-state index in [0.29, 0.717) is 20.8 Å². The predicted molar refractivity (Wildman–Crippen MR) is 100 cm³/mol. The molecular formula is C15H9Cl3N2OS2. The first kappa shape index (κ1) is 16.9. The molecule has 1 N–H and O–H groups in total. The molecule has 0 atom stereocenters. The number of thiazole rings is 1. The van der Waals surface area contributed by atoms with Crippen LogP contribution in [-0.4, -0.2) is 16.6 Å². The molecule has 23 heavy (non-hydrogen) atoms. The summed E-state index contributed by atoms with van der Waals surface area (Å²) < 4.78 is 1.94. The monoisotopic (exact) mass is 402 g/mol. The predicted octanol–water partition coefficient (Wildman–Crippen LogP) is 5.99. The molecule has 3 nitrogen and oxygen atoms in total. The van der Waals surface area contributed by atoms with E-state index in [2.05, 4.69) is 10.3 Å². The molecule has 0 saturated heterocycles. The lowest BCUT2D eigenvalue weighted by molar-refractivity contribution is -0.113. The van der Waals surface area contributed by atoms with Crippen molar-refractivity contribution >= 4 is 79.7 Å². The maximum atomic E-state index is 12.1. The van der Waals surface area contributed by atoms with Crippen molar-refractivity contribution in [1.82, 2.24) is 4.98 Å². The number of aromatic nitrogens is 1. The van der Waals surface area contributed by atoms with Crippen molar-refractivity contribution in [3.8, 4) is 0 Å². The second-order valence-electron chi connectivity index (χ2n) is 4.53. The Morgan fingerprint density at radius 3 is 2.57 bits per heavy atom. The van der Waals surface area contributed by atoms with Gasteiger partial charge in [-0.3, -0.25) is 4.79 Å². The molecule has 8 heteroatoms. The molecule has 3 rings (SSSR count). The van der Waals surface area contributed by atoms with E-state index in [0.717, 1.165) is 14.6 Å². The van der Waals surface area contributed by atoms with Gasteiger partial charge in [0, 0.05) is 5.02 Å².